The topological polar surface area (TPSA) is 40.5 Å². The second kappa shape index (κ2) is 8.49. The fourth-order valence-electron chi connectivity index (χ4n) is 2.12. The van der Waals surface area contributed by atoms with E-state index in [9.17, 15) is 4.79 Å². The fraction of sp³-hybridized carbons (Fsp3) is 0.500. The number of aryl methyl sites for hydroxylation is 1. The van der Waals surface area contributed by atoms with Gasteiger partial charge in [0.25, 0.3) is 5.91 Å². The normalized spacial score (nSPS) is 11.5. The molecule has 0 bridgehead atoms. The Morgan fingerprint density at radius 2 is 2.14 bits per heavy atom. The highest BCUT2D eigenvalue weighted by Crippen LogP contribution is 2.14. The van der Waals surface area contributed by atoms with Crippen LogP contribution >= 0.6 is 0 Å². The van der Waals surface area contributed by atoms with Gasteiger partial charge in [-0.3, -0.25) is 4.79 Å². The van der Waals surface area contributed by atoms with E-state index in [0.717, 1.165) is 24.0 Å². The van der Waals surface area contributed by atoms with Crippen LogP contribution in [0.2, 0.25) is 0 Å². The van der Waals surface area contributed by atoms with Crippen molar-refractivity contribution in [3.8, 4) is 11.8 Å². The van der Waals surface area contributed by atoms with Crippen molar-refractivity contribution in [3.63, 3.8) is 0 Å². The molecular weight excluding hydrogens is 262 g/mol. The van der Waals surface area contributed by atoms with Gasteiger partial charge in [-0.15, -0.1) is 0 Å². The minimum atomic E-state index is 0.0289. The SMILES string of the molecule is CCCC(C)N(C)C(=O)c1ccc(C)c(C#CCCO)c1. The Balaban J connectivity index is 2.96. The van der Waals surface area contributed by atoms with Gasteiger partial charge in [0.1, 0.15) is 0 Å². The largest absolute Gasteiger partial charge is 0.395 e. The number of rotatable bonds is 5. The van der Waals surface area contributed by atoms with Crippen LogP contribution in [0.3, 0.4) is 0 Å². The number of nitrogens with zero attached hydrogens (tertiary/aromatic N) is 1. The molecule has 1 rings (SSSR count). The molecule has 0 saturated heterocycles. The summed E-state index contributed by atoms with van der Waals surface area (Å²) in [5.74, 6) is 5.96. The van der Waals surface area contributed by atoms with Crippen LogP contribution in [-0.2, 0) is 0 Å². The molecule has 3 nitrogen and oxygen atoms in total. The van der Waals surface area contributed by atoms with E-state index in [1.54, 1.807) is 4.90 Å². The lowest BCUT2D eigenvalue weighted by molar-refractivity contribution is 0.0736. The molecule has 0 saturated carbocycles. The average molecular weight is 287 g/mol. The summed E-state index contributed by atoms with van der Waals surface area (Å²) in [6.07, 6.45) is 2.51. The van der Waals surface area contributed by atoms with Crippen LogP contribution in [0.4, 0.5) is 0 Å². The smallest absolute Gasteiger partial charge is 0.253 e. The van der Waals surface area contributed by atoms with Gasteiger partial charge >= 0.3 is 0 Å². The molecule has 1 atom stereocenters. The number of aliphatic hydroxyl groups excluding tert-OH is 1. The number of aliphatic hydroxyl groups is 1. The maximum atomic E-state index is 12.5. The van der Waals surface area contributed by atoms with E-state index in [1.165, 1.54) is 0 Å². The van der Waals surface area contributed by atoms with Gasteiger partial charge in [0.05, 0.1) is 6.61 Å². The summed E-state index contributed by atoms with van der Waals surface area (Å²) < 4.78 is 0. The number of amides is 1. The van der Waals surface area contributed by atoms with Gasteiger partial charge in [-0.2, -0.15) is 0 Å². The molecule has 0 radical (unpaired) electrons. The third-order valence-electron chi connectivity index (χ3n) is 3.63. The van der Waals surface area contributed by atoms with E-state index in [1.807, 2.05) is 32.2 Å². The van der Waals surface area contributed by atoms with Crippen LogP contribution < -0.4 is 0 Å². The molecule has 0 heterocycles. The predicted octanol–water partition coefficient (Wildman–Crippen LogP) is 2.99. The molecule has 0 fully saturated rings. The molecule has 3 heteroatoms. The molecule has 1 N–H and O–H groups in total. The second-order valence-electron chi connectivity index (χ2n) is 5.36. The first-order valence-electron chi connectivity index (χ1n) is 7.48. The minimum absolute atomic E-state index is 0.0289. The van der Waals surface area contributed by atoms with Crippen LogP contribution in [0.1, 0.15) is 54.6 Å². The lowest BCUT2D eigenvalue weighted by Gasteiger charge is -2.24. The van der Waals surface area contributed by atoms with Crippen LogP contribution in [-0.4, -0.2) is 35.6 Å². The van der Waals surface area contributed by atoms with Gasteiger partial charge in [-0.25, -0.2) is 0 Å². The quantitative estimate of drug-likeness (QED) is 0.846. The summed E-state index contributed by atoms with van der Waals surface area (Å²) in [6.45, 7) is 6.22. The van der Waals surface area contributed by atoms with Gasteiger partial charge in [-0.1, -0.05) is 31.3 Å². The highest BCUT2D eigenvalue weighted by molar-refractivity contribution is 5.94. The molecule has 0 aliphatic heterocycles. The molecule has 114 valence electrons. The van der Waals surface area contributed by atoms with Crippen LogP contribution in [0.5, 0.6) is 0 Å². The van der Waals surface area contributed by atoms with Crippen molar-refractivity contribution >= 4 is 5.91 Å². The maximum Gasteiger partial charge on any atom is 0.253 e. The Hall–Kier alpha value is -1.79. The van der Waals surface area contributed by atoms with Crippen LogP contribution in [0.15, 0.2) is 18.2 Å². The fourth-order valence-corrected chi connectivity index (χ4v) is 2.12. The highest BCUT2D eigenvalue weighted by atomic mass is 16.2. The number of hydrogen-bond donors (Lipinski definition) is 1. The van der Waals surface area contributed by atoms with Gasteiger partial charge in [0.15, 0.2) is 0 Å². The zero-order valence-electron chi connectivity index (χ0n) is 13.4. The predicted molar refractivity (Wildman–Crippen MR) is 86.2 cm³/mol. The van der Waals surface area contributed by atoms with Gasteiger partial charge in [0.2, 0.25) is 0 Å². The molecular formula is C18H25NO2. The molecule has 0 aliphatic rings. The molecule has 1 amide bonds. The third kappa shape index (κ3) is 4.91. The maximum absolute atomic E-state index is 12.5. The van der Waals surface area contributed by atoms with E-state index < -0.39 is 0 Å². The molecule has 0 spiro atoms. The Labute approximate surface area is 128 Å². The Kier molecular flexibility index (Phi) is 6.98. The summed E-state index contributed by atoms with van der Waals surface area (Å²) in [5.41, 5.74) is 2.56. The summed E-state index contributed by atoms with van der Waals surface area (Å²) >= 11 is 0. The van der Waals surface area contributed by atoms with Crippen molar-refractivity contribution in [2.24, 2.45) is 0 Å². The average Bonchev–Trinajstić information content (AvgIpc) is 2.48. The first-order chi connectivity index (χ1) is 10.0. The number of hydrogen-bond acceptors (Lipinski definition) is 2. The minimum Gasteiger partial charge on any atom is -0.395 e. The summed E-state index contributed by atoms with van der Waals surface area (Å²) in [5, 5.41) is 8.78. The van der Waals surface area contributed by atoms with Crippen LogP contribution in [0, 0.1) is 18.8 Å². The lowest BCUT2D eigenvalue weighted by Crippen LogP contribution is -2.35. The van der Waals surface area contributed by atoms with E-state index in [-0.39, 0.29) is 18.6 Å². The number of carbonyl (C=O) groups is 1. The van der Waals surface area contributed by atoms with Crippen molar-refractivity contribution < 1.29 is 9.90 Å². The van der Waals surface area contributed by atoms with Gasteiger partial charge in [0, 0.05) is 30.6 Å². The van der Waals surface area contributed by atoms with Crippen LogP contribution in [0.25, 0.3) is 0 Å². The first-order valence-corrected chi connectivity index (χ1v) is 7.48. The third-order valence-corrected chi connectivity index (χ3v) is 3.63. The summed E-state index contributed by atoms with van der Waals surface area (Å²) in [6, 6.07) is 5.85. The lowest BCUT2D eigenvalue weighted by atomic mass is 10.0. The van der Waals surface area contributed by atoms with Crippen molar-refractivity contribution in [1.82, 2.24) is 4.90 Å². The molecule has 0 aromatic heterocycles. The second-order valence-corrected chi connectivity index (χ2v) is 5.36. The van der Waals surface area contributed by atoms with Crippen molar-refractivity contribution in [2.45, 2.75) is 46.1 Å². The van der Waals surface area contributed by atoms with Crippen molar-refractivity contribution in [3.05, 3.63) is 34.9 Å². The molecule has 1 aromatic rings. The summed E-state index contributed by atoms with van der Waals surface area (Å²) in [7, 11) is 1.85. The van der Waals surface area contributed by atoms with Gasteiger partial charge < -0.3 is 10.0 Å². The first kappa shape index (κ1) is 17.3. The monoisotopic (exact) mass is 287 g/mol. The Bertz CT molecular complexity index is 540. The zero-order chi connectivity index (χ0) is 15.8. The molecule has 0 aliphatic carbocycles. The van der Waals surface area contributed by atoms with Crippen molar-refractivity contribution in [1.29, 1.82) is 0 Å². The standard InChI is InChI=1S/C18H25NO2/c1-5-8-15(3)19(4)18(21)17-11-10-14(2)16(13-17)9-6-7-12-20/h10-11,13,15,20H,5,7-8,12H2,1-4H3. The highest BCUT2D eigenvalue weighted by Gasteiger charge is 2.17. The van der Waals surface area contributed by atoms with Crippen molar-refractivity contribution in [2.75, 3.05) is 13.7 Å². The van der Waals surface area contributed by atoms with E-state index in [0.29, 0.717) is 12.0 Å². The zero-order valence-corrected chi connectivity index (χ0v) is 13.4. The van der Waals surface area contributed by atoms with E-state index in [2.05, 4.69) is 25.7 Å². The number of benzene rings is 1. The summed E-state index contributed by atoms with van der Waals surface area (Å²) in [4.78, 5) is 14.3. The van der Waals surface area contributed by atoms with E-state index >= 15 is 0 Å². The molecule has 1 aromatic carbocycles. The Morgan fingerprint density at radius 3 is 2.76 bits per heavy atom. The Morgan fingerprint density at radius 1 is 1.43 bits per heavy atom. The van der Waals surface area contributed by atoms with Gasteiger partial charge in [-0.05, 0) is 38.0 Å². The molecule has 21 heavy (non-hydrogen) atoms. The molecule has 1 unspecified atom stereocenters. The number of carbonyl (C=O) groups excluding carboxylic acids is 1. The van der Waals surface area contributed by atoms with E-state index in [4.69, 9.17) is 5.11 Å².